The van der Waals surface area contributed by atoms with Gasteiger partial charge >= 0.3 is 5.97 Å². The van der Waals surface area contributed by atoms with E-state index in [0.717, 1.165) is 26.9 Å². The maximum absolute atomic E-state index is 13.0. The van der Waals surface area contributed by atoms with Gasteiger partial charge in [-0.15, -0.1) is 16.4 Å². The topological polar surface area (TPSA) is 130 Å². The summed E-state index contributed by atoms with van der Waals surface area (Å²) in [6, 6.07) is 20.2. The van der Waals surface area contributed by atoms with Crippen LogP contribution < -0.4 is 4.72 Å². The highest BCUT2D eigenvalue weighted by Crippen LogP contribution is 2.31. The van der Waals surface area contributed by atoms with E-state index in [2.05, 4.69) is 20.0 Å². The molecule has 2 aromatic carbocycles. The summed E-state index contributed by atoms with van der Waals surface area (Å²) in [5.41, 5.74) is 3.33. The van der Waals surface area contributed by atoms with E-state index in [1.54, 1.807) is 12.1 Å². The maximum Gasteiger partial charge on any atom is 0.305 e. The predicted molar refractivity (Wildman–Crippen MR) is 137 cm³/mol. The van der Waals surface area contributed by atoms with Crippen molar-refractivity contribution >= 4 is 38.2 Å². The Morgan fingerprint density at radius 2 is 1.86 bits per heavy atom. The molecule has 0 radical (unpaired) electrons. The largest absolute Gasteiger partial charge is 0.481 e. The molecule has 0 saturated carbocycles. The number of carbonyl (C=O) groups is 1. The van der Waals surface area contributed by atoms with Crippen LogP contribution >= 0.6 is 11.3 Å². The number of carboxylic acids is 1. The molecule has 3 N–H and O–H groups in total. The molecular weight excluding hydrogens is 498 g/mol. The van der Waals surface area contributed by atoms with Crippen LogP contribution in [0.4, 0.5) is 0 Å². The smallest absolute Gasteiger partial charge is 0.305 e. The van der Waals surface area contributed by atoms with Crippen LogP contribution in [0.25, 0.3) is 21.3 Å². The third-order valence-electron chi connectivity index (χ3n) is 5.88. The number of sulfonamides is 1. The molecule has 5 aromatic rings. The molecule has 0 bridgehead atoms. The first-order chi connectivity index (χ1) is 17.4. The number of para-hydroxylation sites is 1. The minimum Gasteiger partial charge on any atom is -0.481 e. The third kappa shape index (κ3) is 5.08. The molecule has 184 valence electrons. The van der Waals surface area contributed by atoms with E-state index in [0.29, 0.717) is 12.1 Å². The number of nitrogens with one attached hydrogen (secondary N) is 2. The van der Waals surface area contributed by atoms with Gasteiger partial charge in [0.25, 0.3) is 0 Å². The Bertz CT molecular complexity index is 1610. The first-order valence-corrected chi connectivity index (χ1v) is 13.5. The first-order valence-electron chi connectivity index (χ1n) is 11.2. The molecule has 0 aliphatic carbocycles. The Labute approximate surface area is 211 Å². The quantitative estimate of drug-likeness (QED) is 0.252. The Morgan fingerprint density at radius 1 is 1.08 bits per heavy atom. The van der Waals surface area contributed by atoms with Crippen molar-refractivity contribution in [3.63, 3.8) is 0 Å². The summed E-state index contributed by atoms with van der Waals surface area (Å²) >= 11 is 1.18. The van der Waals surface area contributed by atoms with Crippen molar-refractivity contribution in [2.75, 3.05) is 0 Å². The summed E-state index contributed by atoms with van der Waals surface area (Å²) in [7, 11) is -3.79. The molecule has 0 unspecified atom stereocenters. The molecule has 0 saturated heterocycles. The number of hydrogen-bond donors (Lipinski definition) is 3. The zero-order valence-corrected chi connectivity index (χ0v) is 20.7. The minimum absolute atomic E-state index is 0.0715. The molecule has 0 aliphatic heterocycles. The second kappa shape index (κ2) is 10.1. The van der Waals surface area contributed by atoms with Crippen molar-refractivity contribution in [2.24, 2.45) is 0 Å². The molecule has 3 heterocycles. The van der Waals surface area contributed by atoms with Gasteiger partial charge in [-0.05, 0) is 35.7 Å². The van der Waals surface area contributed by atoms with Gasteiger partial charge in [0.1, 0.15) is 4.21 Å². The summed E-state index contributed by atoms with van der Waals surface area (Å²) in [4.78, 5) is 15.7. The Kier molecular flexibility index (Phi) is 6.68. The fourth-order valence-corrected chi connectivity index (χ4v) is 6.52. The van der Waals surface area contributed by atoms with Crippen molar-refractivity contribution in [1.82, 2.24) is 24.7 Å². The fourth-order valence-electron chi connectivity index (χ4n) is 4.16. The van der Waals surface area contributed by atoms with E-state index in [1.807, 2.05) is 60.8 Å². The van der Waals surface area contributed by atoms with Gasteiger partial charge in [-0.1, -0.05) is 53.7 Å². The lowest BCUT2D eigenvalue weighted by molar-refractivity contribution is -0.138. The van der Waals surface area contributed by atoms with Gasteiger partial charge in [-0.2, -0.15) is 0 Å². The van der Waals surface area contributed by atoms with Gasteiger partial charge in [0.05, 0.1) is 30.9 Å². The first kappa shape index (κ1) is 23.9. The summed E-state index contributed by atoms with van der Waals surface area (Å²) < 4.78 is 30.3. The molecular formula is C25H23N5O4S2. The van der Waals surface area contributed by atoms with Crippen LogP contribution in [0, 0.1) is 0 Å². The molecule has 0 spiro atoms. The second-order valence-electron chi connectivity index (χ2n) is 8.29. The number of aliphatic carboxylic acids is 1. The number of hydrogen-bond acceptors (Lipinski definition) is 6. The molecule has 11 heteroatoms. The highest BCUT2D eigenvalue weighted by atomic mass is 32.2. The van der Waals surface area contributed by atoms with Crippen LogP contribution in [-0.4, -0.2) is 39.5 Å². The average Bonchev–Trinajstić information content (AvgIpc) is 3.63. The van der Waals surface area contributed by atoms with E-state index in [-0.39, 0.29) is 17.2 Å². The maximum atomic E-state index is 13.0. The number of benzene rings is 2. The number of fused-ring (bicyclic) bond motifs is 1. The van der Waals surface area contributed by atoms with Gasteiger partial charge in [-0.25, -0.2) is 17.8 Å². The molecule has 0 aliphatic rings. The molecule has 0 fully saturated rings. The molecule has 5 rings (SSSR count). The van der Waals surface area contributed by atoms with Crippen LogP contribution in [0.2, 0.25) is 0 Å². The second-order valence-corrected chi connectivity index (χ2v) is 11.4. The number of thiophene rings is 1. The lowest BCUT2D eigenvalue weighted by Gasteiger charge is -2.17. The number of carboxylic acid groups (broad SMARTS) is 1. The summed E-state index contributed by atoms with van der Waals surface area (Å²) in [5, 5.41) is 18.6. The van der Waals surface area contributed by atoms with Gasteiger partial charge in [-0.3, -0.25) is 4.79 Å². The number of H-pyrrole nitrogens is 1. The predicted octanol–water partition coefficient (Wildman–Crippen LogP) is 4.22. The third-order valence-corrected chi connectivity index (χ3v) is 8.91. The number of aromatic nitrogens is 4. The molecule has 3 aromatic heterocycles. The molecule has 1 atom stereocenters. The highest BCUT2D eigenvalue weighted by Gasteiger charge is 2.23. The zero-order chi connectivity index (χ0) is 25.1. The van der Waals surface area contributed by atoms with Crippen LogP contribution in [-0.2, 0) is 27.8 Å². The summed E-state index contributed by atoms with van der Waals surface area (Å²) in [6.07, 6.45) is 3.52. The van der Waals surface area contributed by atoms with E-state index in [9.17, 15) is 18.3 Å². The number of aromatic amines is 1. The lowest BCUT2D eigenvalue weighted by atomic mass is 10.0. The van der Waals surface area contributed by atoms with E-state index < -0.39 is 22.0 Å². The fraction of sp³-hybridized carbons (Fsp3) is 0.160. The van der Waals surface area contributed by atoms with Crippen LogP contribution in [0.3, 0.4) is 0 Å². The van der Waals surface area contributed by atoms with Crippen LogP contribution in [0.5, 0.6) is 0 Å². The van der Waals surface area contributed by atoms with Gasteiger partial charge in [0.2, 0.25) is 10.0 Å². The van der Waals surface area contributed by atoms with Crippen LogP contribution in [0.15, 0.2) is 83.3 Å². The SMILES string of the molecule is O=C(O)C[C@@H](Cc1c[nH]c2ccccc12)n1nncc1CNS(=O)(=O)c1ccc(-c2ccccc2)s1. The van der Waals surface area contributed by atoms with Crippen molar-refractivity contribution in [3.05, 3.63) is 90.4 Å². The molecule has 36 heavy (non-hydrogen) atoms. The number of nitrogens with zero attached hydrogens (tertiary/aromatic N) is 3. The zero-order valence-electron chi connectivity index (χ0n) is 19.0. The molecule has 0 amide bonds. The summed E-state index contributed by atoms with van der Waals surface area (Å²) in [5.74, 6) is -0.978. The van der Waals surface area contributed by atoms with E-state index >= 15 is 0 Å². The Morgan fingerprint density at radius 3 is 2.67 bits per heavy atom. The van der Waals surface area contributed by atoms with Gasteiger partial charge in [0, 0.05) is 22.0 Å². The van der Waals surface area contributed by atoms with Crippen molar-refractivity contribution in [2.45, 2.75) is 29.6 Å². The standard InChI is InChI=1S/C25H23N5O4S2/c31-24(32)13-19(12-18-14-26-22-9-5-4-8-21(18)22)30-20(15-27-29-30)16-28-36(33,34)25-11-10-23(35-25)17-6-2-1-3-7-17/h1-11,14-15,19,26,28H,12-13,16H2,(H,31,32)/t19-/m1/s1. The van der Waals surface area contributed by atoms with Crippen LogP contribution in [0.1, 0.15) is 23.7 Å². The minimum atomic E-state index is -3.79. The van der Waals surface area contributed by atoms with Gasteiger partial charge < -0.3 is 10.1 Å². The van der Waals surface area contributed by atoms with Gasteiger partial charge in [0.15, 0.2) is 0 Å². The normalized spacial score (nSPS) is 12.7. The van der Waals surface area contributed by atoms with Crippen molar-refractivity contribution in [1.29, 1.82) is 0 Å². The Balaban J connectivity index is 1.35. The molecule has 9 nitrogen and oxygen atoms in total. The van der Waals surface area contributed by atoms with E-state index in [1.165, 1.54) is 22.2 Å². The van der Waals surface area contributed by atoms with Crippen molar-refractivity contribution < 1.29 is 18.3 Å². The monoisotopic (exact) mass is 521 g/mol. The van der Waals surface area contributed by atoms with E-state index in [4.69, 9.17) is 0 Å². The lowest BCUT2D eigenvalue weighted by Crippen LogP contribution is -2.26. The highest BCUT2D eigenvalue weighted by molar-refractivity contribution is 7.91. The average molecular weight is 522 g/mol. The summed E-state index contributed by atoms with van der Waals surface area (Å²) in [6.45, 7) is -0.0715. The Hall–Kier alpha value is -3.80. The number of rotatable bonds is 10. The van der Waals surface area contributed by atoms with Crippen molar-refractivity contribution in [3.8, 4) is 10.4 Å².